The molecule has 0 bridgehead atoms. The summed E-state index contributed by atoms with van der Waals surface area (Å²) < 4.78 is 11.0. The van der Waals surface area contributed by atoms with Gasteiger partial charge in [0.1, 0.15) is 13.2 Å². The molecule has 0 spiro atoms. The second-order valence-corrected chi connectivity index (χ2v) is 5.25. The van der Waals surface area contributed by atoms with E-state index < -0.39 is 11.4 Å². The molecule has 19 heavy (non-hydrogen) atoms. The highest BCUT2D eigenvalue weighted by atomic mass is 16.6. The van der Waals surface area contributed by atoms with Gasteiger partial charge in [-0.3, -0.25) is 4.79 Å². The van der Waals surface area contributed by atoms with Gasteiger partial charge in [-0.15, -0.1) is 0 Å². The van der Waals surface area contributed by atoms with Gasteiger partial charge in [-0.05, 0) is 31.4 Å². The van der Waals surface area contributed by atoms with Crippen LogP contribution < -0.4 is 14.8 Å². The summed E-state index contributed by atoms with van der Waals surface area (Å²) in [5.41, 5.74) is 1.38. The van der Waals surface area contributed by atoms with Crippen LogP contribution in [-0.2, 0) is 4.79 Å². The fourth-order valence-electron chi connectivity index (χ4n) is 2.26. The number of aryl methyl sites for hydroxylation is 1. The van der Waals surface area contributed by atoms with Crippen molar-refractivity contribution in [3.63, 3.8) is 0 Å². The number of carboxylic acid groups (broad SMARTS) is 1. The number of nitrogens with one attached hydrogen (secondary N) is 1. The van der Waals surface area contributed by atoms with Crippen molar-refractivity contribution in [2.45, 2.75) is 19.8 Å². The Kier molecular flexibility index (Phi) is 2.77. The van der Waals surface area contributed by atoms with Gasteiger partial charge in [0.2, 0.25) is 0 Å². The third-order valence-electron chi connectivity index (χ3n) is 3.81. The second-order valence-electron chi connectivity index (χ2n) is 5.25. The maximum Gasteiger partial charge on any atom is 0.311 e. The summed E-state index contributed by atoms with van der Waals surface area (Å²) in [6.45, 7) is 3.56. The predicted octanol–water partition coefficient (Wildman–Crippen LogP) is 2.04. The maximum atomic E-state index is 11.1. The van der Waals surface area contributed by atoms with Crippen LogP contribution in [0.1, 0.15) is 18.4 Å². The van der Waals surface area contributed by atoms with E-state index in [4.69, 9.17) is 14.6 Å². The van der Waals surface area contributed by atoms with Crippen molar-refractivity contribution in [3.8, 4) is 11.5 Å². The number of hydrogen-bond donors (Lipinski definition) is 2. The number of fused-ring (bicyclic) bond motifs is 1. The van der Waals surface area contributed by atoms with E-state index in [-0.39, 0.29) is 0 Å². The van der Waals surface area contributed by atoms with Crippen LogP contribution in [0.25, 0.3) is 0 Å². The molecule has 0 atom stereocenters. The normalized spacial score (nSPS) is 18.8. The summed E-state index contributed by atoms with van der Waals surface area (Å²) in [6, 6.07) is 3.82. The van der Waals surface area contributed by atoms with Crippen molar-refractivity contribution in [1.82, 2.24) is 0 Å². The average Bonchev–Trinajstić information content (AvgIpc) is 3.17. The molecule has 1 aromatic rings. The first-order valence-electron chi connectivity index (χ1n) is 6.48. The van der Waals surface area contributed by atoms with E-state index >= 15 is 0 Å². The largest absolute Gasteiger partial charge is 0.486 e. The second kappa shape index (κ2) is 4.33. The quantitative estimate of drug-likeness (QED) is 0.870. The van der Waals surface area contributed by atoms with Crippen LogP contribution in [0.2, 0.25) is 0 Å². The molecule has 1 fully saturated rings. The number of anilines is 1. The molecule has 0 amide bonds. The third kappa shape index (κ3) is 2.20. The number of ether oxygens (including phenoxy) is 2. The Balaban J connectivity index is 1.76. The molecule has 102 valence electrons. The van der Waals surface area contributed by atoms with Crippen LogP contribution in [0.5, 0.6) is 11.5 Å². The number of rotatable bonds is 4. The molecule has 5 heteroatoms. The van der Waals surface area contributed by atoms with E-state index in [0.29, 0.717) is 19.8 Å². The number of benzene rings is 1. The Morgan fingerprint density at radius 3 is 2.53 bits per heavy atom. The van der Waals surface area contributed by atoms with Crippen molar-refractivity contribution < 1.29 is 19.4 Å². The monoisotopic (exact) mass is 263 g/mol. The lowest BCUT2D eigenvalue weighted by atomic mass is 10.1. The summed E-state index contributed by atoms with van der Waals surface area (Å²) in [5.74, 6) is 0.767. The topological polar surface area (TPSA) is 67.8 Å². The third-order valence-corrected chi connectivity index (χ3v) is 3.81. The first-order chi connectivity index (χ1) is 9.11. The lowest BCUT2D eigenvalue weighted by Gasteiger charge is -2.21. The highest BCUT2D eigenvalue weighted by Gasteiger charge is 2.50. The first-order valence-corrected chi connectivity index (χ1v) is 6.48. The minimum atomic E-state index is -0.713. The molecular formula is C14H17NO4. The molecule has 0 aromatic heterocycles. The van der Waals surface area contributed by atoms with E-state index in [9.17, 15) is 4.79 Å². The Bertz CT molecular complexity index is 522. The van der Waals surface area contributed by atoms with E-state index in [1.165, 1.54) is 0 Å². The molecule has 0 radical (unpaired) electrons. The van der Waals surface area contributed by atoms with Crippen molar-refractivity contribution in [1.29, 1.82) is 0 Å². The van der Waals surface area contributed by atoms with Gasteiger partial charge in [0, 0.05) is 18.3 Å². The molecule has 1 heterocycles. The lowest BCUT2D eigenvalue weighted by Crippen LogP contribution is -2.24. The molecule has 2 N–H and O–H groups in total. The van der Waals surface area contributed by atoms with Gasteiger partial charge in [0.05, 0.1) is 5.41 Å². The molecule has 0 saturated heterocycles. The van der Waals surface area contributed by atoms with Gasteiger partial charge in [-0.25, -0.2) is 0 Å². The van der Waals surface area contributed by atoms with Crippen molar-refractivity contribution in [2.75, 3.05) is 25.1 Å². The number of carboxylic acids is 1. The van der Waals surface area contributed by atoms with Crippen molar-refractivity contribution in [2.24, 2.45) is 5.41 Å². The van der Waals surface area contributed by atoms with Gasteiger partial charge in [-0.1, -0.05) is 0 Å². The summed E-state index contributed by atoms with van der Waals surface area (Å²) in [6.07, 6.45) is 1.50. The van der Waals surface area contributed by atoms with Crippen LogP contribution in [0.3, 0.4) is 0 Å². The van der Waals surface area contributed by atoms with Gasteiger partial charge in [0.25, 0.3) is 0 Å². The summed E-state index contributed by atoms with van der Waals surface area (Å²) in [7, 11) is 0. The molecule has 2 aliphatic rings. The highest BCUT2D eigenvalue weighted by Crippen LogP contribution is 2.46. The fraction of sp³-hybridized carbons (Fsp3) is 0.500. The van der Waals surface area contributed by atoms with Crippen LogP contribution in [-0.4, -0.2) is 30.8 Å². The zero-order valence-corrected chi connectivity index (χ0v) is 10.9. The summed E-state index contributed by atoms with van der Waals surface area (Å²) in [5, 5.41) is 12.4. The molecule has 1 aromatic carbocycles. The SMILES string of the molecule is Cc1cc2c(cc1NCC1(C(=O)O)CC1)OCCO2. The van der Waals surface area contributed by atoms with Crippen molar-refractivity contribution >= 4 is 11.7 Å². The Morgan fingerprint density at radius 2 is 1.95 bits per heavy atom. The molecule has 3 rings (SSSR count). The fourth-order valence-corrected chi connectivity index (χ4v) is 2.26. The van der Waals surface area contributed by atoms with Crippen LogP contribution in [0, 0.1) is 12.3 Å². The molecule has 1 aliphatic heterocycles. The van der Waals surface area contributed by atoms with E-state index in [1.807, 2.05) is 19.1 Å². The molecule has 5 nitrogen and oxygen atoms in total. The molecular weight excluding hydrogens is 246 g/mol. The Morgan fingerprint density at radius 1 is 1.32 bits per heavy atom. The van der Waals surface area contributed by atoms with E-state index in [1.54, 1.807) is 0 Å². The zero-order chi connectivity index (χ0) is 13.5. The number of carbonyl (C=O) groups is 1. The molecule has 0 unspecified atom stereocenters. The van der Waals surface area contributed by atoms with E-state index in [2.05, 4.69) is 5.32 Å². The Hall–Kier alpha value is -1.91. The van der Waals surface area contributed by atoms with Gasteiger partial charge in [0.15, 0.2) is 11.5 Å². The number of aliphatic carboxylic acids is 1. The minimum absolute atomic E-state index is 0.461. The predicted molar refractivity (Wildman–Crippen MR) is 70.0 cm³/mol. The molecule has 1 aliphatic carbocycles. The van der Waals surface area contributed by atoms with E-state index in [0.717, 1.165) is 35.6 Å². The first kappa shape index (κ1) is 12.1. The van der Waals surface area contributed by atoms with Crippen LogP contribution in [0.15, 0.2) is 12.1 Å². The lowest BCUT2D eigenvalue weighted by molar-refractivity contribution is -0.142. The highest BCUT2D eigenvalue weighted by molar-refractivity contribution is 5.78. The Labute approximate surface area is 111 Å². The van der Waals surface area contributed by atoms with Gasteiger partial charge < -0.3 is 19.9 Å². The van der Waals surface area contributed by atoms with Gasteiger partial charge in [-0.2, -0.15) is 0 Å². The van der Waals surface area contributed by atoms with Gasteiger partial charge >= 0.3 is 5.97 Å². The maximum absolute atomic E-state index is 11.1. The summed E-state index contributed by atoms with van der Waals surface area (Å²) in [4.78, 5) is 11.1. The van der Waals surface area contributed by atoms with Crippen LogP contribution in [0.4, 0.5) is 5.69 Å². The zero-order valence-electron chi connectivity index (χ0n) is 10.9. The van der Waals surface area contributed by atoms with Crippen LogP contribution >= 0.6 is 0 Å². The van der Waals surface area contributed by atoms with Crippen molar-refractivity contribution in [3.05, 3.63) is 17.7 Å². The minimum Gasteiger partial charge on any atom is -0.486 e. The standard InChI is InChI=1S/C14H17NO4/c1-9-6-11-12(19-5-4-18-11)7-10(9)15-8-14(2-3-14)13(16)17/h6-7,15H,2-5,8H2,1H3,(H,16,17). The summed E-state index contributed by atoms with van der Waals surface area (Å²) >= 11 is 0. The average molecular weight is 263 g/mol. The number of hydrogen-bond acceptors (Lipinski definition) is 4. The smallest absolute Gasteiger partial charge is 0.311 e. The molecule has 1 saturated carbocycles.